The zero-order valence-corrected chi connectivity index (χ0v) is 9.67. The van der Waals surface area contributed by atoms with E-state index in [-0.39, 0.29) is 4.46 Å². The Kier molecular flexibility index (Phi) is 2.74. The van der Waals surface area contributed by atoms with Gasteiger partial charge in [0.25, 0.3) is 0 Å². The lowest BCUT2D eigenvalue weighted by Crippen LogP contribution is -2.35. The maximum absolute atomic E-state index is 5.87. The molecule has 0 aromatic heterocycles. The highest BCUT2D eigenvalue weighted by Gasteiger charge is 2.41. The summed E-state index contributed by atoms with van der Waals surface area (Å²) in [4.78, 5) is 0. The molecule has 12 heavy (non-hydrogen) atoms. The third-order valence-corrected chi connectivity index (χ3v) is 5.74. The molecular weight excluding hydrogens is 207 g/mol. The van der Waals surface area contributed by atoms with E-state index in [0.717, 1.165) is 15.4 Å². The molecule has 3 aliphatic carbocycles. The average Bonchev–Trinajstić information content (AvgIpc) is 2.05. The van der Waals surface area contributed by atoms with Crippen LogP contribution in [0.3, 0.4) is 0 Å². The zero-order valence-electron chi connectivity index (χ0n) is 7.15. The lowest BCUT2D eigenvalue weighted by atomic mass is 9.70. The molecule has 0 heterocycles. The van der Waals surface area contributed by atoms with E-state index in [9.17, 15) is 0 Å². The molecule has 0 aromatic carbocycles. The highest BCUT2D eigenvalue weighted by atomic mass is 35.5. The molecule has 0 nitrogen and oxygen atoms in total. The lowest BCUT2D eigenvalue weighted by molar-refractivity contribution is 0.188. The maximum atomic E-state index is 5.87. The van der Waals surface area contributed by atoms with Crippen LogP contribution in [-0.2, 0) is 0 Å². The van der Waals surface area contributed by atoms with Gasteiger partial charge in [0.05, 0.1) is 14.0 Å². The maximum Gasteiger partial charge on any atom is 0.0934 e. The largest absolute Gasteiger partial charge is 0.110 e. The molecule has 3 rings (SSSR count). The normalized spacial score (nSPS) is 40.8. The smallest absolute Gasteiger partial charge is 0.0934 e. The van der Waals surface area contributed by atoms with Crippen LogP contribution in [-0.4, -0.2) is 14.0 Å². The van der Waals surface area contributed by atoms with Crippen molar-refractivity contribution in [2.24, 2.45) is 5.92 Å². The Bertz CT molecular complexity index is 148. The minimum atomic E-state index is -0.111. The predicted molar refractivity (Wildman–Crippen MR) is 55.1 cm³/mol. The van der Waals surface area contributed by atoms with Crippen molar-refractivity contribution in [1.29, 1.82) is 0 Å². The summed E-state index contributed by atoms with van der Waals surface area (Å²) in [6, 6.07) is 0. The van der Waals surface area contributed by atoms with Gasteiger partial charge in [-0.25, -0.2) is 0 Å². The number of rotatable bonds is 2. The summed E-state index contributed by atoms with van der Waals surface area (Å²) >= 11 is 11.7. The van der Waals surface area contributed by atoms with Gasteiger partial charge in [0.2, 0.25) is 0 Å². The molecule has 3 heteroatoms. The standard InChI is InChI=1S/C9H14Cl2Si/c10-8(11)12-9-4-1-7(2-5-9)3-6-9/h7-8H,1-6H2. The van der Waals surface area contributed by atoms with Crippen molar-refractivity contribution in [3.8, 4) is 0 Å². The van der Waals surface area contributed by atoms with Crippen molar-refractivity contribution < 1.29 is 0 Å². The first-order valence-electron chi connectivity index (χ1n) is 4.76. The molecule has 0 saturated heterocycles. The minimum Gasteiger partial charge on any atom is -0.110 e. The summed E-state index contributed by atoms with van der Waals surface area (Å²) in [7, 11) is 0.777. The Morgan fingerprint density at radius 2 is 1.58 bits per heavy atom. The van der Waals surface area contributed by atoms with E-state index in [0.29, 0.717) is 5.04 Å². The summed E-state index contributed by atoms with van der Waals surface area (Å²) in [5, 5.41) is 0.572. The molecule has 0 N–H and O–H groups in total. The third kappa shape index (κ3) is 1.83. The van der Waals surface area contributed by atoms with Crippen LogP contribution in [0.15, 0.2) is 0 Å². The van der Waals surface area contributed by atoms with Gasteiger partial charge in [0, 0.05) is 0 Å². The van der Waals surface area contributed by atoms with Crippen molar-refractivity contribution in [2.45, 2.75) is 48.0 Å². The second-order valence-corrected chi connectivity index (χ2v) is 7.96. The summed E-state index contributed by atoms with van der Waals surface area (Å²) in [5.74, 6) is 1.04. The van der Waals surface area contributed by atoms with Crippen molar-refractivity contribution in [3.63, 3.8) is 0 Å². The van der Waals surface area contributed by atoms with Gasteiger partial charge in [-0.05, 0) is 11.0 Å². The van der Waals surface area contributed by atoms with Crippen LogP contribution >= 0.6 is 23.2 Å². The Balaban J connectivity index is 1.99. The van der Waals surface area contributed by atoms with Crippen LogP contribution < -0.4 is 0 Å². The molecule has 2 bridgehead atoms. The van der Waals surface area contributed by atoms with Crippen molar-refractivity contribution in [3.05, 3.63) is 0 Å². The minimum absolute atomic E-state index is 0.111. The Hall–Kier alpha value is 0.797. The highest BCUT2D eigenvalue weighted by Crippen LogP contribution is 2.55. The first-order chi connectivity index (χ1) is 5.70. The second kappa shape index (κ2) is 3.51. The molecule has 0 spiro atoms. The summed E-state index contributed by atoms with van der Waals surface area (Å²) in [5.41, 5.74) is 0. The summed E-state index contributed by atoms with van der Waals surface area (Å²) in [6.07, 6.45) is 8.50. The number of fused-ring (bicyclic) bond motifs is 3. The molecular formula is C9H14Cl2Si. The van der Waals surface area contributed by atoms with Crippen LogP contribution in [0, 0.1) is 5.92 Å². The fourth-order valence-corrected chi connectivity index (χ4v) is 5.41. The van der Waals surface area contributed by atoms with E-state index in [1.54, 1.807) is 0 Å². The number of alkyl halides is 2. The molecule has 0 atom stereocenters. The molecule has 2 radical (unpaired) electrons. The number of hydrogen-bond donors (Lipinski definition) is 0. The van der Waals surface area contributed by atoms with Gasteiger partial charge >= 0.3 is 0 Å². The Morgan fingerprint density at radius 3 is 2.00 bits per heavy atom. The SMILES string of the molecule is ClC(Cl)[Si]C12CCC(CC1)CC2. The van der Waals surface area contributed by atoms with Crippen LogP contribution in [0.2, 0.25) is 5.04 Å². The van der Waals surface area contributed by atoms with Crippen LogP contribution in [0.1, 0.15) is 38.5 Å². The van der Waals surface area contributed by atoms with Gasteiger partial charge < -0.3 is 0 Å². The first kappa shape index (κ1) is 9.36. The molecule has 0 amide bonds. The van der Waals surface area contributed by atoms with E-state index < -0.39 is 0 Å². The number of hydrogen-bond acceptors (Lipinski definition) is 0. The average molecular weight is 221 g/mol. The molecule has 0 unspecified atom stereocenters. The molecule has 3 fully saturated rings. The monoisotopic (exact) mass is 220 g/mol. The quantitative estimate of drug-likeness (QED) is 0.493. The van der Waals surface area contributed by atoms with Crippen molar-refractivity contribution in [2.75, 3.05) is 0 Å². The van der Waals surface area contributed by atoms with Crippen LogP contribution in [0.25, 0.3) is 0 Å². The fourth-order valence-electron chi connectivity index (χ4n) is 2.70. The first-order valence-corrected chi connectivity index (χ1v) is 6.71. The Morgan fingerprint density at radius 1 is 1.08 bits per heavy atom. The topological polar surface area (TPSA) is 0 Å². The molecule has 3 saturated carbocycles. The van der Waals surface area contributed by atoms with E-state index in [2.05, 4.69) is 0 Å². The van der Waals surface area contributed by atoms with Crippen LogP contribution in [0.4, 0.5) is 0 Å². The highest BCUT2D eigenvalue weighted by molar-refractivity contribution is 6.70. The lowest BCUT2D eigenvalue weighted by Gasteiger charge is -2.46. The second-order valence-electron chi connectivity index (χ2n) is 4.21. The van der Waals surface area contributed by atoms with Gasteiger partial charge in [-0.15, -0.1) is 23.2 Å². The van der Waals surface area contributed by atoms with Gasteiger partial charge in [0.1, 0.15) is 0 Å². The molecule has 68 valence electrons. The van der Waals surface area contributed by atoms with Crippen molar-refractivity contribution >= 4 is 32.7 Å². The molecule has 0 aromatic rings. The van der Waals surface area contributed by atoms with Gasteiger partial charge in [-0.2, -0.15) is 0 Å². The Labute approximate surface area is 86.8 Å². The summed E-state index contributed by atoms with van der Waals surface area (Å²) in [6.45, 7) is 0. The fraction of sp³-hybridized carbons (Fsp3) is 1.00. The van der Waals surface area contributed by atoms with E-state index in [1.165, 1.54) is 38.5 Å². The molecule has 0 aliphatic heterocycles. The zero-order chi connectivity index (χ0) is 8.60. The van der Waals surface area contributed by atoms with E-state index in [4.69, 9.17) is 23.2 Å². The van der Waals surface area contributed by atoms with E-state index >= 15 is 0 Å². The predicted octanol–water partition coefficient (Wildman–Crippen LogP) is 3.59. The van der Waals surface area contributed by atoms with E-state index in [1.807, 2.05) is 0 Å². The summed E-state index contributed by atoms with van der Waals surface area (Å²) < 4.78 is -0.111. The van der Waals surface area contributed by atoms with Gasteiger partial charge in [-0.3, -0.25) is 0 Å². The van der Waals surface area contributed by atoms with Crippen molar-refractivity contribution in [1.82, 2.24) is 0 Å². The van der Waals surface area contributed by atoms with Gasteiger partial charge in [0.15, 0.2) is 0 Å². The van der Waals surface area contributed by atoms with Gasteiger partial charge in [-0.1, -0.05) is 38.5 Å². The third-order valence-electron chi connectivity index (χ3n) is 3.51. The van der Waals surface area contributed by atoms with Crippen LogP contribution in [0.5, 0.6) is 0 Å². The molecule has 3 aliphatic rings. The number of halogens is 2.